The number of hydrogen-bond acceptors (Lipinski definition) is 2. The fraction of sp³-hybridized carbons (Fsp3) is 0.133. The van der Waals surface area contributed by atoms with Gasteiger partial charge in [0.15, 0.2) is 0 Å². The van der Waals surface area contributed by atoms with Crippen molar-refractivity contribution >= 4 is 27.5 Å². The zero-order valence-corrected chi connectivity index (χ0v) is 12.4. The van der Waals surface area contributed by atoms with E-state index in [1.54, 1.807) is 25.3 Å². The van der Waals surface area contributed by atoms with Crippen molar-refractivity contribution in [3.8, 4) is 5.75 Å². The summed E-state index contributed by atoms with van der Waals surface area (Å²) in [5.74, 6) is 0.136. The van der Waals surface area contributed by atoms with Gasteiger partial charge in [0, 0.05) is 4.47 Å². The summed E-state index contributed by atoms with van der Waals surface area (Å²) in [6.07, 6.45) is 0.215. The van der Waals surface area contributed by atoms with Gasteiger partial charge in [-0.05, 0) is 51.8 Å². The number of carbonyl (C=O) groups excluding carboxylic acids is 1. The minimum Gasteiger partial charge on any atom is -0.497 e. The van der Waals surface area contributed by atoms with Crippen LogP contribution in [0.25, 0.3) is 0 Å². The molecule has 0 saturated carbocycles. The molecule has 0 atom stereocenters. The second kappa shape index (κ2) is 6.52. The van der Waals surface area contributed by atoms with Crippen molar-refractivity contribution in [3.63, 3.8) is 0 Å². The first kappa shape index (κ1) is 14.5. The Hall–Kier alpha value is -1.88. The number of carbonyl (C=O) groups is 1. The molecule has 20 heavy (non-hydrogen) atoms. The Morgan fingerprint density at radius 3 is 2.60 bits per heavy atom. The lowest BCUT2D eigenvalue weighted by Crippen LogP contribution is -2.14. The van der Waals surface area contributed by atoms with Crippen LogP contribution >= 0.6 is 15.9 Å². The van der Waals surface area contributed by atoms with E-state index in [0.717, 1.165) is 11.3 Å². The summed E-state index contributed by atoms with van der Waals surface area (Å²) in [6.45, 7) is 0. The van der Waals surface area contributed by atoms with Crippen molar-refractivity contribution < 1.29 is 13.9 Å². The van der Waals surface area contributed by atoms with Gasteiger partial charge in [-0.1, -0.05) is 12.1 Å². The van der Waals surface area contributed by atoms with Gasteiger partial charge in [0.05, 0.1) is 19.2 Å². The van der Waals surface area contributed by atoms with E-state index in [2.05, 4.69) is 21.2 Å². The van der Waals surface area contributed by atoms with E-state index in [4.69, 9.17) is 4.74 Å². The molecular weight excluding hydrogens is 325 g/mol. The van der Waals surface area contributed by atoms with Crippen LogP contribution in [0, 0.1) is 5.82 Å². The molecule has 3 nitrogen and oxygen atoms in total. The van der Waals surface area contributed by atoms with E-state index in [9.17, 15) is 9.18 Å². The van der Waals surface area contributed by atoms with Crippen LogP contribution in [0.15, 0.2) is 46.9 Å². The van der Waals surface area contributed by atoms with Crippen molar-refractivity contribution in [3.05, 3.63) is 58.3 Å². The van der Waals surface area contributed by atoms with Crippen molar-refractivity contribution in [1.29, 1.82) is 0 Å². The lowest BCUT2D eigenvalue weighted by molar-refractivity contribution is -0.115. The molecule has 0 fully saturated rings. The van der Waals surface area contributed by atoms with Crippen molar-refractivity contribution in [2.45, 2.75) is 6.42 Å². The highest BCUT2D eigenvalue weighted by atomic mass is 79.9. The van der Waals surface area contributed by atoms with Crippen LogP contribution < -0.4 is 10.1 Å². The summed E-state index contributed by atoms with van der Waals surface area (Å²) in [6, 6.07) is 11.4. The molecule has 0 aromatic heterocycles. The average Bonchev–Trinajstić information content (AvgIpc) is 2.43. The van der Waals surface area contributed by atoms with Crippen LogP contribution in [0.3, 0.4) is 0 Å². The quantitative estimate of drug-likeness (QED) is 0.921. The first-order valence-corrected chi connectivity index (χ1v) is 6.75. The van der Waals surface area contributed by atoms with Gasteiger partial charge >= 0.3 is 0 Å². The highest BCUT2D eigenvalue weighted by Gasteiger charge is 2.08. The lowest BCUT2D eigenvalue weighted by Gasteiger charge is -2.08. The molecule has 0 bridgehead atoms. The van der Waals surface area contributed by atoms with Gasteiger partial charge in [0.2, 0.25) is 5.91 Å². The normalized spacial score (nSPS) is 10.2. The third-order valence-corrected chi connectivity index (χ3v) is 3.42. The third-order valence-electron chi connectivity index (χ3n) is 2.73. The number of ether oxygens (including phenoxy) is 1. The topological polar surface area (TPSA) is 38.3 Å². The number of methoxy groups -OCH3 is 1. The van der Waals surface area contributed by atoms with Crippen LogP contribution in [0.4, 0.5) is 10.1 Å². The number of amides is 1. The van der Waals surface area contributed by atoms with Crippen LogP contribution in [-0.4, -0.2) is 13.0 Å². The summed E-state index contributed by atoms with van der Waals surface area (Å²) in [7, 11) is 1.59. The summed E-state index contributed by atoms with van der Waals surface area (Å²) >= 11 is 3.27. The monoisotopic (exact) mass is 337 g/mol. The Kier molecular flexibility index (Phi) is 4.74. The molecule has 5 heteroatoms. The molecular formula is C15H13BrFNO2. The van der Waals surface area contributed by atoms with Crippen LogP contribution in [0.5, 0.6) is 5.75 Å². The van der Waals surface area contributed by atoms with Gasteiger partial charge in [-0.15, -0.1) is 0 Å². The van der Waals surface area contributed by atoms with E-state index < -0.39 is 5.82 Å². The van der Waals surface area contributed by atoms with E-state index in [0.29, 0.717) is 10.2 Å². The van der Waals surface area contributed by atoms with E-state index in [-0.39, 0.29) is 12.3 Å². The maximum absolute atomic E-state index is 13.1. The van der Waals surface area contributed by atoms with Gasteiger partial charge in [-0.3, -0.25) is 4.79 Å². The molecule has 0 aliphatic rings. The molecule has 0 heterocycles. The predicted octanol–water partition coefficient (Wildman–Crippen LogP) is 3.78. The minimum absolute atomic E-state index is 0.207. The van der Waals surface area contributed by atoms with Gasteiger partial charge < -0.3 is 10.1 Å². The van der Waals surface area contributed by atoms with Gasteiger partial charge in [0.1, 0.15) is 11.6 Å². The molecule has 1 N–H and O–H groups in total. The number of benzene rings is 2. The van der Waals surface area contributed by atoms with Gasteiger partial charge in [0.25, 0.3) is 0 Å². The Morgan fingerprint density at radius 2 is 1.95 bits per heavy atom. The summed E-state index contributed by atoms with van der Waals surface area (Å²) in [5, 5.41) is 2.67. The standard InChI is InChI=1S/C15H13BrFNO2/c1-20-12-5-2-10(3-6-12)8-15(19)18-14-9-11(17)4-7-13(14)16/h2-7,9H,8H2,1H3,(H,18,19). The van der Waals surface area contributed by atoms with Gasteiger partial charge in [-0.25, -0.2) is 4.39 Å². The zero-order chi connectivity index (χ0) is 14.5. The van der Waals surface area contributed by atoms with E-state index in [1.807, 2.05) is 12.1 Å². The third kappa shape index (κ3) is 3.81. The molecule has 0 unspecified atom stereocenters. The predicted molar refractivity (Wildman–Crippen MR) is 79.4 cm³/mol. The maximum atomic E-state index is 13.1. The Balaban J connectivity index is 2.03. The average molecular weight is 338 g/mol. The molecule has 0 radical (unpaired) electrons. The minimum atomic E-state index is -0.395. The molecule has 104 valence electrons. The number of anilines is 1. The molecule has 2 aromatic carbocycles. The largest absolute Gasteiger partial charge is 0.497 e. The molecule has 0 aliphatic carbocycles. The summed E-state index contributed by atoms with van der Waals surface area (Å²) in [5.41, 5.74) is 1.28. The highest BCUT2D eigenvalue weighted by molar-refractivity contribution is 9.10. The van der Waals surface area contributed by atoms with E-state index >= 15 is 0 Å². The molecule has 0 saturated heterocycles. The first-order valence-electron chi connectivity index (χ1n) is 5.96. The van der Waals surface area contributed by atoms with Crippen molar-refractivity contribution in [2.75, 3.05) is 12.4 Å². The number of hydrogen-bond donors (Lipinski definition) is 1. The fourth-order valence-electron chi connectivity index (χ4n) is 1.72. The molecule has 0 aliphatic heterocycles. The highest BCUT2D eigenvalue weighted by Crippen LogP contribution is 2.23. The first-order chi connectivity index (χ1) is 9.58. The smallest absolute Gasteiger partial charge is 0.228 e. The Bertz CT molecular complexity index is 614. The van der Waals surface area contributed by atoms with Gasteiger partial charge in [-0.2, -0.15) is 0 Å². The van der Waals surface area contributed by atoms with Crippen molar-refractivity contribution in [2.24, 2.45) is 0 Å². The second-order valence-electron chi connectivity index (χ2n) is 4.20. The van der Waals surface area contributed by atoms with Crippen LogP contribution in [0.1, 0.15) is 5.56 Å². The number of halogens is 2. The molecule has 2 aromatic rings. The maximum Gasteiger partial charge on any atom is 0.228 e. The fourth-order valence-corrected chi connectivity index (χ4v) is 2.06. The molecule has 2 rings (SSSR count). The molecule has 1 amide bonds. The SMILES string of the molecule is COc1ccc(CC(=O)Nc2cc(F)ccc2Br)cc1. The molecule has 0 spiro atoms. The Morgan fingerprint density at radius 1 is 1.25 bits per heavy atom. The van der Waals surface area contributed by atoms with Crippen LogP contribution in [-0.2, 0) is 11.2 Å². The van der Waals surface area contributed by atoms with Crippen LogP contribution in [0.2, 0.25) is 0 Å². The number of nitrogens with one attached hydrogen (secondary N) is 1. The van der Waals surface area contributed by atoms with E-state index in [1.165, 1.54) is 12.1 Å². The van der Waals surface area contributed by atoms with Crippen molar-refractivity contribution in [1.82, 2.24) is 0 Å². The number of rotatable bonds is 4. The summed E-state index contributed by atoms with van der Waals surface area (Å²) < 4.78 is 18.8. The summed E-state index contributed by atoms with van der Waals surface area (Å²) in [4.78, 5) is 11.9. The second-order valence-corrected chi connectivity index (χ2v) is 5.05. The zero-order valence-electron chi connectivity index (χ0n) is 10.8. The Labute approximate surface area is 124 Å². The lowest BCUT2D eigenvalue weighted by atomic mass is 10.1.